The fourth-order valence-corrected chi connectivity index (χ4v) is 1.53. The van der Waals surface area contributed by atoms with E-state index in [1.165, 1.54) is 4.90 Å². The third-order valence-electron chi connectivity index (χ3n) is 2.26. The number of hydrogen-bond acceptors (Lipinski definition) is 4. The highest BCUT2D eigenvalue weighted by molar-refractivity contribution is 6.32. The highest BCUT2D eigenvalue weighted by Gasteiger charge is 2.20. The van der Waals surface area contributed by atoms with Gasteiger partial charge in [0.2, 0.25) is 5.90 Å². The molecule has 17 heavy (non-hydrogen) atoms. The number of hydrogen-bond donors (Lipinski definition) is 0. The van der Waals surface area contributed by atoms with Gasteiger partial charge in [0.25, 0.3) is 0 Å². The summed E-state index contributed by atoms with van der Waals surface area (Å²) in [4.78, 5) is 16.8. The number of nitrogens with zero attached hydrogens (tertiary/aromatic N) is 3. The van der Waals surface area contributed by atoms with Crippen molar-refractivity contribution in [2.75, 3.05) is 13.7 Å². The molecule has 6 heteroatoms. The van der Waals surface area contributed by atoms with E-state index in [2.05, 4.69) is 4.99 Å². The van der Waals surface area contributed by atoms with Crippen molar-refractivity contribution >= 4 is 23.6 Å². The van der Waals surface area contributed by atoms with Crippen LogP contribution in [0.25, 0.3) is 0 Å². The van der Waals surface area contributed by atoms with Gasteiger partial charge in [-0.1, -0.05) is 11.6 Å². The summed E-state index contributed by atoms with van der Waals surface area (Å²) in [7, 11) is 1.59. The molecule has 0 spiro atoms. The van der Waals surface area contributed by atoms with Crippen LogP contribution in [0.15, 0.2) is 23.2 Å². The summed E-state index contributed by atoms with van der Waals surface area (Å²) in [6.07, 6.45) is -0.463. The minimum absolute atomic E-state index is 0.222. The summed E-state index contributed by atoms with van der Waals surface area (Å²) in [6, 6.07) is 6.71. The molecule has 0 N–H and O–H groups in total. The highest BCUT2D eigenvalue weighted by Crippen LogP contribution is 2.19. The Bertz CT molecular complexity index is 548. The van der Waals surface area contributed by atoms with Crippen molar-refractivity contribution in [1.82, 2.24) is 4.90 Å². The second-order valence-electron chi connectivity index (χ2n) is 3.48. The molecule has 86 valence electrons. The van der Waals surface area contributed by atoms with Crippen LogP contribution in [0.3, 0.4) is 0 Å². The topological polar surface area (TPSA) is 65.7 Å². The van der Waals surface area contributed by atoms with Crippen LogP contribution in [-0.2, 0) is 4.74 Å². The van der Waals surface area contributed by atoms with Gasteiger partial charge in [0, 0.05) is 12.6 Å². The maximum Gasteiger partial charge on any atom is 0.417 e. The average Bonchev–Trinajstić information content (AvgIpc) is 2.32. The second-order valence-corrected chi connectivity index (χ2v) is 3.88. The van der Waals surface area contributed by atoms with E-state index in [0.29, 0.717) is 16.1 Å². The zero-order valence-electron chi connectivity index (χ0n) is 8.98. The Morgan fingerprint density at radius 1 is 1.59 bits per heavy atom. The number of amides is 1. The largest absolute Gasteiger partial charge is 0.417 e. The molecule has 0 saturated carbocycles. The highest BCUT2D eigenvalue weighted by atomic mass is 35.5. The quantitative estimate of drug-likeness (QED) is 0.765. The number of carbonyl (C=O) groups excluding carboxylic acids is 1. The Morgan fingerprint density at radius 3 is 2.94 bits per heavy atom. The maximum absolute atomic E-state index is 11.3. The number of halogens is 1. The zero-order valence-corrected chi connectivity index (χ0v) is 9.73. The van der Waals surface area contributed by atoms with Crippen LogP contribution in [0.5, 0.6) is 0 Å². The first-order valence-electron chi connectivity index (χ1n) is 4.79. The van der Waals surface area contributed by atoms with Gasteiger partial charge in [-0.25, -0.2) is 9.79 Å². The van der Waals surface area contributed by atoms with Crippen LogP contribution in [-0.4, -0.2) is 30.6 Å². The Morgan fingerprint density at radius 2 is 2.35 bits per heavy atom. The van der Waals surface area contributed by atoms with E-state index in [0.717, 1.165) is 0 Å². The summed E-state index contributed by atoms with van der Waals surface area (Å²) in [5.41, 5.74) is 0.950. The number of nitriles is 1. The molecule has 1 heterocycles. The van der Waals surface area contributed by atoms with Gasteiger partial charge in [-0.2, -0.15) is 5.26 Å². The van der Waals surface area contributed by atoms with Crippen molar-refractivity contribution in [1.29, 1.82) is 5.26 Å². The van der Waals surface area contributed by atoms with Gasteiger partial charge in [-0.15, -0.1) is 0 Å². The number of rotatable bonds is 1. The fraction of sp³-hybridized carbons (Fsp3) is 0.182. The standard InChI is InChI=1S/C11H8ClN3O2/c1-15-6-14-10(17-11(15)16)7-2-3-8(5-13)9(12)4-7/h2-4H,6H2,1H3. The monoisotopic (exact) mass is 249 g/mol. The van der Waals surface area contributed by atoms with Crippen molar-refractivity contribution in [2.45, 2.75) is 0 Å². The summed E-state index contributed by atoms with van der Waals surface area (Å²) >= 11 is 5.89. The third kappa shape index (κ3) is 2.22. The van der Waals surface area contributed by atoms with E-state index < -0.39 is 6.09 Å². The van der Waals surface area contributed by atoms with E-state index in [-0.39, 0.29) is 12.6 Å². The van der Waals surface area contributed by atoms with Crippen LogP contribution in [0.2, 0.25) is 5.02 Å². The van der Waals surface area contributed by atoms with Gasteiger partial charge in [-0.05, 0) is 18.2 Å². The van der Waals surface area contributed by atoms with Gasteiger partial charge in [0.1, 0.15) is 12.7 Å². The lowest BCUT2D eigenvalue weighted by Gasteiger charge is -2.20. The van der Waals surface area contributed by atoms with E-state index in [1.54, 1.807) is 25.2 Å². The predicted molar refractivity (Wildman–Crippen MR) is 61.8 cm³/mol. The van der Waals surface area contributed by atoms with Crippen molar-refractivity contribution < 1.29 is 9.53 Å². The minimum atomic E-state index is -0.463. The van der Waals surface area contributed by atoms with E-state index >= 15 is 0 Å². The number of aliphatic imine (C=N–C) groups is 1. The molecule has 1 aromatic carbocycles. The molecule has 0 fully saturated rings. The summed E-state index contributed by atoms with van der Waals surface area (Å²) in [6.45, 7) is 0.242. The smallest absolute Gasteiger partial charge is 0.391 e. The zero-order chi connectivity index (χ0) is 12.4. The van der Waals surface area contributed by atoms with Gasteiger partial charge in [0.15, 0.2) is 0 Å². The van der Waals surface area contributed by atoms with Crippen LogP contribution in [0, 0.1) is 11.3 Å². The Hall–Kier alpha value is -2.06. The Kier molecular flexibility index (Phi) is 2.98. The maximum atomic E-state index is 11.3. The lowest BCUT2D eigenvalue weighted by Crippen LogP contribution is -2.34. The number of benzene rings is 1. The van der Waals surface area contributed by atoms with E-state index in [1.807, 2.05) is 6.07 Å². The predicted octanol–water partition coefficient (Wildman–Crippen LogP) is 2.00. The molecule has 0 radical (unpaired) electrons. The lowest BCUT2D eigenvalue weighted by molar-refractivity contribution is 0.153. The second kappa shape index (κ2) is 4.44. The summed E-state index contributed by atoms with van der Waals surface area (Å²) in [5.74, 6) is 0.222. The molecule has 1 aromatic rings. The average molecular weight is 250 g/mol. The number of carbonyl (C=O) groups is 1. The summed E-state index contributed by atoms with van der Waals surface area (Å²) < 4.78 is 5.01. The van der Waals surface area contributed by atoms with Crippen LogP contribution in [0.4, 0.5) is 4.79 Å². The fourth-order valence-electron chi connectivity index (χ4n) is 1.31. The molecule has 2 rings (SSSR count). The molecule has 1 aliphatic rings. The SMILES string of the molecule is CN1CN=C(c2ccc(C#N)c(Cl)c2)OC1=O. The lowest BCUT2D eigenvalue weighted by atomic mass is 10.1. The van der Waals surface area contributed by atoms with Crippen LogP contribution in [0.1, 0.15) is 11.1 Å². The number of cyclic esters (lactones) is 1. The first-order chi connectivity index (χ1) is 8.11. The van der Waals surface area contributed by atoms with Crippen molar-refractivity contribution in [3.05, 3.63) is 34.3 Å². The molecule has 5 nitrogen and oxygen atoms in total. The van der Waals surface area contributed by atoms with E-state index in [4.69, 9.17) is 21.6 Å². The van der Waals surface area contributed by atoms with Crippen LogP contribution < -0.4 is 0 Å². The van der Waals surface area contributed by atoms with Crippen LogP contribution >= 0.6 is 11.6 Å². The van der Waals surface area contributed by atoms with Crippen molar-refractivity contribution in [2.24, 2.45) is 4.99 Å². The molecule has 0 aromatic heterocycles. The molecule has 0 unspecified atom stereocenters. The molecule has 0 bridgehead atoms. The van der Waals surface area contributed by atoms with Crippen molar-refractivity contribution in [3.8, 4) is 6.07 Å². The Balaban J connectivity index is 2.33. The van der Waals surface area contributed by atoms with E-state index in [9.17, 15) is 4.79 Å². The third-order valence-corrected chi connectivity index (χ3v) is 2.57. The van der Waals surface area contributed by atoms with Gasteiger partial charge >= 0.3 is 6.09 Å². The normalized spacial score (nSPS) is 15.0. The molecular formula is C11H8ClN3O2. The molecule has 1 aliphatic heterocycles. The molecule has 0 aliphatic carbocycles. The molecule has 0 saturated heterocycles. The molecule has 0 atom stereocenters. The first kappa shape index (κ1) is 11.4. The first-order valence-corrected chi connectivity index (χ1v) is 5.17. The number of ether oxygens (including phenoxy) is 1. The van der Waals surface area contributed by atoms with Gasteiger partial charge in [0.05, 0.1) is 10.6 Å². The Labute approximate surface area is 103 Å². The van der Waals surface area contributed by atoms with Gasteiger partial charge < -0.3 is 4.74 Å². The minimum Gasteiger partial charge on any atom is -0.391 e. The molecular weight excluding hydrogens is 242 g/mol. The van der Waals surface area contributed by atoms with Gasteiger partial charge in [-0.3, -0.25) is 4.90 Å². The van der Waals surface area contributed by atoms with Crippen molar-refractivity contribution in [3.63, 3.8) is 0 Å². The molecule has 1 amide bonds. The summed E-state index contributed by atoms with van der Waals surface area (Å²) in [5, 5.41) is 9.05.